The highest BCUT2D eigenvalue weighted by Gasteiger charge is 2.30. The molecule has 0 aliphatic carbocycles. The molecular formula is C23H26N4O3. The fourth-order valence-corrected chi connectivity index (χ4v) is 4.01. The number of carbonyl (C=O) groups is 3. The molecule has 2 aliphatic heterocycles. The lowest BCUT2D eigenvalue weighted by Gasteiger charge is -2.36. The van der Waals surface area contributed by atoms with E-state index in [1.54, 1.807) is 24.3 Å². The molecule has 0 unspecified atom stereocenters. The van der Waals surface area contributed by atoms with Crippen molar-refractivity contribution in [2.24, 2.45) is 0 Å². The molecule has 2 heterocycles. The monoisotopic (exact) mass is 406 g/mol. The first kappa shape index (κ1) is 20.1. The average molecular weight is 406 g/mol. The van der Waals surface area contributed by atoms with Gasteiger partial charge in [-0.1, -0.05) is 25.1 Å². The van der Waals surface area contributed by atoms with E-state index in [0.717, 1.165) is 49.0 Å². The molecule has 4 rings (SSSR count). The molecule has 0 saturated carbocycles. The second kappa shape index (κ2) is 8.67. The van der Waals surface area contributed by atoms with E-state index in [1.165, 1.54) is 0 Å². The summed E-state index contributed by atoms with van der Waals surface area (Å²) < 4.78 is 0. The van der Waals surface area contributed by atoms with Crippen LogP contribution in [0.15, 0.2) is 48.5 Å². The summed E-state index contributed by atoms with van der Waals surface area (Å²) in [5, 5.41) is 3.01. The topological polar surface area (TPSA) is 73.0 Å². The number of likely N-dealkylation sites (N-methyl/N-ethyl adjacent to an activating group) is 1. The van der Waals surface area contributed by atoms with Crippen molar-refractivity contribution in [2.45, 2.75) is 19.8 Å². The third-order valence-corrected chi connectivity index (χ3v) is 5.73. The van der Waals surface area contributed by atoms with E-state index in [0.29, 0.717) is 11.3 Å². The minimum atomic E-state index is -0.268. The summed E-state index contributed by atoms with van der Waals surface area (Å²) in [6, 6.07) is 14.5. The Morgan fingerprint density at radius 3 is 2.33 bits per heavy atom. The van der Waals surface area contributed by atoms with Crippen molar-refractivity contribution in [3.8, 4) is 0 Å². The van der Waals surface area contributed by atoms with E-state index in [9.17, 15) is 14.4 Å². The van der Waals surface area contributed by atoms with Crippen molar-refractivity contribution in [1.82, 2.24) is 4.90 Å². The number of nitrogens with zero attached hydrogens (tertiary/aromatic N) is 3. The van der Waals surface area contributed by atoms with Gasteiger partial charge in [-0.05, 0) is 36.9 Å². The van der Waals surface area contributed by atoms with Crippen molar-refractivity contribution < 1.29 is 14.4 Å². The summed E-state index contributed by atoms with van der Waals surface area (Å²) >= 11 is 0. The van der Waals surface area contributed by atoms with E-state index in [2.05, 4.69) is 22.0 Å². The van der Waals surface area contributed by atoms with Gasteiger partial charge in [-0.3, -0.25) is 19.3 Å². The molecule has 0 atom stereocenters. The quantitative estimate of drug-likeness (QED) is 0.773. The van der Waals surface area contributed by atoms with Gasteiger partial charge in [0.2, 0.25) is 11.8 Å². The van der Waals surface area contributed by atoms with Crippen molar-refractivity contribution >= 4 is 34.8 Å². The number of anilines is 3. The van der Waals surface area contributed by atoms with Crippen LogP contribution >= 0.6 is 0 Å². The van der Waals surface area contributed by atoms with Gasteiger partial charge in [-0.25, -0.2) is 0 Å². The molecular weight excluding hydrogens is 380 g/mol. The lowest BCUT2D eigenvalue weighted by molar-refractivity contribution is -0.121. The summed E-state index contributed by atoms with van der Waals surface area (Å²) in [5.41, 5.74) is 2.61. The molecule has 30 heavy (non-hydrogen) atoms. The van der Waals surface area contributed by atoms with Crippen LogP contribution in [0.3, 0.4) is 0 Å². The maximum atomic E-state index is 13.0. The van der Waals surface area contributed by atoms with E-state index in [-0.39, 0.29) is 30.6 Å². The zero-order chi connectivity index (χ0) is 21.1. The lowest BCUT2D eigenvalue weighted by Crippen LogP contribution is -2.46. The number of rotatable bonds is 5. The maximum Gasteiger partial charge on any atom is 0.255 e. The summed E-state index contributed by atoms with van der Waals surface area (Å²) in [7, 11) is 0. The maximum absolute atomic E-state index is 13.0. The zero-order valence-corrected chi connectivity index (χ0v) is 17.1. The second-order valence-corrected chi connectivity index (χ2v) is 7.57. The van der Waals surface area contributed by atoms with Crippen LogP contribution in [0, 0.1) is 0 Å². The molecule has 3 amide bonds. The van der Waals surface area contributed by atoms with Crippen LogP contribution in [0.2, 0.25) is 0 Å². The first-order valence-corrected chi connectivity index (χ1v) is 10.4. The first-order chi connectivity index (χ1) is 14.6. The summed E-state index contributed by atoms with van der Waals surface area (Å²) in [5.74, 6) is -0.723. The Balaban J connectivity index is 1.52. The number of nitrogens with one attached hydrogen (secondary N) is 1. The molecule has 156 valence electrons. The third-order valence-electron chi connectivity index (χ3n) is 5.73. The molecule has 0 aromatic heterocycles. The zero-order valence-electron chi connectivity index (χ0n) is 17.1. The van der Waals surface area contributed by atoms with Gasteiger partial charge in [0.25, 0.3) is 5.91 Å². The highest BCUT2D eigenvalue weighted by Crippen LogP contribution is 2.28. The minimum Gasteiger partial charge on any atom is -0.367 e. The first-order valence-electron chi connectivity index (χ1n) is 10.4. The average Bonchev–Trinajstić information content (AvgIpc) is 3.12. The summed E-state index contributed by atoms with van der Waals surface area (Å²) in [4.78, 5) is 42.8. The number of hydrogen-bond acceptors (Lipinski definition) is 5. The lowest BCUT2D eigenvalue weighted by atomic mass is 10.1. The van der Waals surface area contributed by atoms with Gasteiger partial charge in [0.15, 0.2) is 0 Å². The molecule has 2 aromatic rings. The Kier molecular flexibility index (Phi) is 5.81. The normalized spacial score (nSPS) is 17.5. The fraction of sp³-hybridized carbons (Fsp3) is 0.348. The van der Waals surface area contributed by atoms with Crippen LogP contribution in [-0.4, -0.2) is 55.3 Å². The number of hydrogen-bond donors (Lipinski definition) is 1. The number of imide groups is 1. The Bertz CT molecular complexity index is 950. The number of carbonyl (C=O) groups excluding carboxylic acids is 3. The molecule has 2 fully saturated rings. The van der Waals surface area contributed by atoms with Crippen LogP contribution in [0.4, 0.5) is 17.1 Å². The van der Waals surface area contributed by atoms with Crippen LogP contribution in [0.5, 0.6) is 0 Å². The van der Waals surface area contributed by atoms with Crippen molar-refractivity contribution in [1.29, 1.82) is 0 Å². The standard InChI is InChI=1S/C23H26N4O3/c1-2-25-12-14-26(15-13-25)20-9-4-3-8-19(20)24-23(30)17-6-5-7-18(16-17)27-21(28)10-11-22(27)29/h3-9,16H,2,10-15H2,1H3,(H,24,30). The number of para-hydroxylation sites is 2. The smallest absolute Gasteiger partial charge is 0.255 e. The number of amides is 3. The molecule has 2 aromatic carbocycles. The Morgan fingerprint density at radius 2 is 1.63 bits per heavy atom. The van der Waals surface area contributed by atoms with Gasteiger partial charge in [0.1, 0.15) is 0 Å². The van der Waals surface area contributed by atoms with E-state index in [1.807, 2.05) is 24.3 Å². The molecule has 1 N–H and O–H groups in total. The molecule has 7 heteroatoms. The third kappa shape index (κ3) is 4.07. The van der Waals surface area contributed by atoms with E-state index >= 15 is 0 Å². The van der Waals surface area contributed by atoms with Crippen molar-refractivity contribution in [2.75, 3.05) is 47.8 Å². The van der Waals surface area contributed by atoms with E-state index in [4.69, 9.17) is 0 Å². The molecule has 0 spiro atoms. The van der Waals surface area contributed by atoms with Gasteiger partial charge in [0.05, 0.1) is 17.1 Å². The SMILES string of the molecule is CCN1CCN(c2ccccc2NC(=O)c2cccc(N3C(=O)CCC3=O)c2)CC1. The highest BCUT2D eigenvalue weighted by atomic mass is 16.2. The Hall–Kier alpha value is -3.19. The molecule has 0 bridgehead atoms. The second-order valence-electron chi connectivity index (χ2n) is 7.57. The molecule has 0 radical (unpaired) electrons. The van der Waals surface area contributed by atoms with Gasteiger partial charge < -0.3 is 15.1 Å². The Labute approximate surface area is 176 Å². The predicted molar refractivity (Wildman–Crippen MR) is 117 cm³/mol. The van der Waals surface area contributed by atoms with Crippen LogP contribution < -0.4 is 15.1 Å². The number of benzene rings is 2. The molecule has 2 aliphatic rings. The highest BCUT2D eigenvalue weighted by molar-refractivity contribution is 6.20. The predicted octanol–water partition coefficient (Wildman–Crippen LogP) is 2.73. The van der Waals surface area contributed by atoms with E-state index < -0.39 is 0 Å². The van der Waals surface area contributed by atoms with Crippen molar-refractivity contribution in [3.05, 3.63) is 54.1 Å². The van der Waals surface area contributed by atoms with Crippen LogP contribution in [-0.2, 0) is 9.59 Å². The summed E-state index contributed by atoms with van der Waals surface area (Å²) in [6.07, 6.45) is 0.432. The van der Waals surface area contributed by atoms with Crippen LogP contribution in [0.1, 0.15) is 30.1 Å². The van der Waals surface area contributed by atoms with Gasteiger partial charge >= 0.3 is 0 Å². The van der Waals surface area contributed by atoms with Crippen molar-refractivity contribution in [3.63, 3.8) is 0 Å². The largest absolute Gasteiger partial charge is 0.367 e. The van der Waals surface area contributed by atoms with Gasteiger partial charge in [-0.15, -0.1) is 0 Å². The summed E-state index contributed by atoms with van der Waals surface area (Å²) in [6.45, 7) is 7.04. The minimum absolute atomic E-state index is 0.216. The molecule has 7 nitrogen and oxygen atoms in total. The number of piperazine rings is 1. The Morgan fingerprint density at radius 1 is 0.933 bits per heavy atom. The fourth-order valence-electron chi connectivity index (χ4n) is 4.01. The van der Waals surface area contributed by atoms with Gasteiger partial charge in [-0.2, -0.15) is 0 Å². The van der Waals surface area contributed by atoms with Crippen LogP contribution in [0.25, 0.3) is 0 Å². The van der Waals surface area contributed by atoms with Gasteiger partial charge in [0, 0.05) is 44.6 Å². The molecule has 2 saturated heterocycles.